The van der Waals surface area contributed by atoms with Crippen molar-refractivity contribution < 1.29 is 79.3 Å². The van der Waals surface area contributed by atoms with Gasteiger partial charge in [0.05, 0.1) is 13.2 Å². The molecular weight excluding hydrogens is 701 g/mol. The summed E-state index contributed by atoms with van der Waals surface area (Å²) in [5.41, 5.74) is 7.10. The third-order valence-electron chi connectivity index (χ3n) is 5.84. The van der Waals surface area contributed by atoms with Crippen LogP contribution in [0.3, 0.4) is 0 Å². The summed E-state index contributed by atoms with van der Waals surface area (Å²) in [6.45, 7) is 2.02. The van der Waals surface area contributed by atoms with Crippen molar-refractivity contribution in [1.29, 1.82) is 5.41 Å². The number of carboxylic acids is 2. The van der Waals surface area contributed by atoms with Crippen molar-refractivity contribution in [2.75, 3.05) is 32.8 Å². The molecule has 1 saturated heterocycles. The predicted octanol–water partition coefficient (Wildman–Crippen LogP) is 2.83. The molecule has 1 aliphatic heterocycles. The van der Waals surface area contributed by atoms with Gasteiger partial charge in [-0.3, -0.25) is 14.7 Å². The number of phosphoric ester groups is 1. The first kappa shape index (κ1) is 42.6. The Morgan fingerprint density at radius 3 is 1.90 bits per heavy atom. The van der Waals surface area contributed by atoms with Crippen LogP contribution >= 0.6 is 7.82 Å². The molecule has 49 heavy (non-hydrogen) atoms. The van der Waals surface area contributed by atoms with Crippen LogP contribution in [0.25, 0.3) is 0 Å². The number of aliphatic carboxylic acids is 2. The van der Waals surface area contributed by atoms with E-state index in [4.69, 9.17) is 50.2 Å². The number of nitrogen functional groups attached to an aromatic ring is 1. The van der Waals surface area contributed by atoms with Crippen molar-refractivity contribution >= 4 is 31.5 Å². The van der Waals surface area contributed by atoms with E-state index in [0.29, 0.717) is 22.4 Å². The molecule has 1 amide bonds. The van der Waals surface area contributed by atoms with Gasteiger partial charge in [0.1, 0.15) is 30.0 Å². The Labute approximate surface area is 274 Å². The first-order chi connectivity index (χ1) is 22.6. The molecule has 1 fully saturated rings. The van der Waals surface area contributed by atoms with Crippen molar-refractivity contribution in [3.05, 3.63) is 59.2 Å². The number of hydrogen-bond donors (Lipinski definition) is 8. The zero-order valence-corrected chi connectivity index (χ0v) is 26.1. The third kappa shape index (κ3) is 18.1. The lowest BCUT2D eigenvalue weighted by Gasteiger charge is -2.23. The van der Waals surface area contributed by atoms with Crippen LogP contribution in [-0.2, 0) is 25.1 Å². The summed E-state index contributed by atoms with van der Waals surface area (Å²) < 4.78 is 90.6. The van der Waals surface area contributed by atoms with Crippen LogP contribution in [0, 0.1) is 5.41 Å². The Morgan fingerprint density at radius 2 is 1.43 bits per heavy atom. The molecule has 274 valence electrons. The number of nitrogens with one attached hydrogen (secondary N) is 3. The molecular formula is C27H33F6N4O11P. The van der Waals surface area contributed by atoms with Gasteiger partial charge in [0.15, 0.2) is 0 Å². The van der Waals surface area contributed by atoms with E-state index >= 15 is 0 Å². The monoisotopic (exact) mass is 734 g/mol. The van der Waals surface area contributed by atoms with Crippen molar-refractivity contribution in [3.8, 4) is 11.5 Å². The fourth-order valence-corrected chi connectivity index (χ4v) is 3.88. The van der Waals surface area contributed by atoms with Crippen LogP contribution in [0.5, 0.6) is 11.5 Å². The van der Waals surface area contributed by atoms with E-state index in [1.807, 2.05) is 0 Å². The average Bonchev–Trinajstić information content (AvgIpc) is 2.99. The number of nitrogens with two attached hydrogens (primary N) is 1. The van der Waals surface area contributed by atoms with Gasteiger partial charge < -0.3 is 45.8 Å². The van der Waals surface area contributed by atoms with Gasteiger partial charge in [-0.1, -0.05) is 12.1 Å². The van der Waals surface area contributed by atoms with E-state index in [1.54, 1.807) is 42.5 Å². The van der Waals surface area contributed by atoms with Crippen molar-refractivity contribution in [2.45, 2.75) is 37.7 Å². The standard InChI is InChI=1S/C23H31N4O7P.2C2HF3O2/c24-22(25)18-2-1-16(9-13-33-35(29,30)31)21(15-18)32-14-12-27-23(28)17-3-5-19(6-4-17)34-20-7-10-26-11-8-20;2*3-2(4,5)1(6)7/h1-6,15,20,26H,7-14H2,(H3,24,25)(H,27,28)(H2,29,30,31);2*(H,6,7). The van der Waals surface area contributed by atoms with Crippen LogP contribution < -0.4 is 25.8 Å². The number of amidine groups is 1. The molecule has 0 atom stereocenters. The Morgan fingerprint density at radius 1 is 0.918 bits per heavy atom. The zero-order valence-electron chi connectivity index (χ0n) is 25.2. The zero-order chi connectivity index (χ0) is 37.4. The Kier molecular flexibility index (Phi) is 17.0. The summed E-state index contributed by atoms with van der Waals surface area (Å²) in [4.78, 5) is 48.0. The lowest BCUT2D eigenvalue weighted by molar-refractivity contribution is -0.193. The molecule has 1 heterocycles. The second-order valence-electron chi connectivity index (χ2n) is 9.61. The number of ether oxygens (including phenoxy) is 2. The van der Waals surface area contributed by atoms with E-state index in [0.717, 1.165) is 31.7 Å². The highest BCUT2D eigenvalue weighted by molar-refractivity contribution is 7.46. The Bertz CT molecular complexity index is 1420. The number of alkyl halides is 6. The van der Waals surface area contributed by atoms with Gasteiger partial charge in [0.2, 0.25) is 0 Å². The summed E-state index contributed by atoms with van der Waals surface area (Å²) in [5, 5.41) is 27.9. The Hall–Kier alpha value is -4.43. The predicted molar refractivity (Wildman–Crippen MR) is 157 cm³/mol. The van der Waals surface area contributed by atoms with E-state index < -0.39 is 32.1 Å². The summed E-state index contributed by atoms with van der Waals surface area (Å²) in [5.74, 6) is -4.79. The topological polar surface area (TPSA) is 251 Å². The minimum absolute atomic E-state index is 0.135. The second kappa shape index (κ2) is 19.5. The van der Waals surface area contributed by atoms with E-state index in [-0.39, 0.29) is 44.0 Å². The molecule has 2 aromatic carbocycles. The van der Waals surface area contributed by atoms with Crippen molar-refractivity contribution in [2.24, 2.45) is 5.73 Å². The number of carbonyl (C=O) groups excluding carboxylic acids is 1. The number of piperidine rings is 1. The van der Waals surface area contributed by atoms with Gasteiger partial charge in [-0.2, -0.15) is 26.3 Å². The average molecular weight is 735 g/mol. The minimum Gasteiger partial charge on any atom is -0.491 e. The molecule has 0 aliphatic carbocycles. The second-order valence-corrected chi connectivity index (χ2v) is 10.9. The number of benzene rings is 2. The van der Waals surface area contributed by atoms with Gasteiger partial charge in [-0.15, -0.1) is 0 Å². The molecule has 22 heteroatoms. The smallest absolute Gasteiger partial charge is 0.490 e. The number of carboxylic acid groups (broad SMARTS) is 2. The maximum absolute atomic E-state index is 12.5. The van der Waals surface area contributed by atoms with Gasteiger partial charge in [0.25, 0.3) is 5.91 Å². The maximum Gasteiger partial charge on any atom is 0.490 e. The van der Waals surface area contributed by atoms with Gasteiger partial charge >= 0.3 is 32.1 Å². The first-order valence-corrected chi connectivity index (χ1v) is 15.3. The van der Waals surface area contributed by atoms with Crippen LogP contribution in [0.1, 0.15) is 34.3 Å². The highest BCUT2D eigenvalue weighted by atomic mass is 31.2. The first-order valence-electron chi connectivity index (χ1n) is 13.8. The highest BCUT2D eigenvalue weighted by Crippen LogP contribution is 2.36. The molecule has 0 spiro atoms. The molecule has 9 N–H and O–H groups in total. The van der Waals surface area contributed by atoms with E-state index in [1.165, 1.54) is 0 Å². The molecule has 2 aromatic rings. The molecule has 0 bridgehead atoms. The molecule has 0 unspecified atom stereocenters. The normalized spacial score (nSPS) is 13.5. The number of phosphoric acid groups is 1. The fourth-order valence-electron chi connectivity index (χ4n) is 3.56. The number of amides is 1. The van der Waals surface area contributed by atoms with Crippen molar-refractivity contribution in [1.82, 2.24) is 10.6 Å². The lowest BCUT2D eigenvalue weighted by Crippen LogP contribution is -2.34. The summed E-state index contributed by atoms with van der Waals surface area (Å²) in [6.07, 6.45) is -7.90. The lowest BCUT2D eigenvalue weighted by atomic mass is 10.1. The number of halogens is 6. The van der Waals surface area contributed by atoms with Crippen LogP contribution in [-0.4, -0.2) is 95.0 Å². The maximum atomic E-state index is 12.5. The molecule has 15 nitrogen and oxygen atoms in total. The minimum atomic E-state index is -5.08. The van der Waals surface area contributed by atoms with Gasteiger partial charge in [0, 0.05) is 17.5 Å². The molecule has 0 aromatic heterocycles. The fraction of sp³-hybridized carbons (Fsp3) is 0.407. The Balaban J connectivity index is 0.000000717. The molecule has 3 rings (SSSR count). The summed E-state index contributed by atoms with van der Waals surface area (Å²) >= 11 is 0. The SMILES string of the molecule is N=C(N)c1ccc(CCOP(=O)(O)O)c(OCCNC(=O)c2ccc(OC3CCNCC3)cc2)c1.O=C(O)C(F)(F)F.O=C(O)C(F)(F)F. The number of carbonyl (C=O) groups is 3. The van der Waals surface area contributed by atoms with Gasteiger partial charge in [-0.25, -0.2) is 14.2 Å². The van der Waals surface area contributed by atoms with E-state index in [9.17, 15) is 35.7 Å². The van der Waals surface area contributed by atoms with Crippen LogP contribution in [0.2, 0.25) is 0 Å². The summed E-state index contributed by atoms with van der Waals surface area (Å²) in [6, 6.07) is 11.8. The van der Waals surface area contributed by atoms with E-state index in [2.05, 4.69) is 15.2 Å². The highest BCUT2D eigenvalue weighted by Gasteiger charge is 2.38. The molecule has 0 saturated carbocycles. The largest absolute Gasteiger partial charge is 0.491 e. The molecule has 0 radical (unpaired) electrons. The number of rotatable bonds is 12. The van der Waals surface area contributed by atoms with Gasteiger partial charge in [-0.05, 0) is 61.8 Å². The van der Waals surface area contributed by atoms with Crippen LogP contribution in [0.15, 0.2) is 42.5 Å². The molecule has 1 aliphatic rings. The quantitative estimate of drug-likeness (QED) is 0.0514. The third-order valence-corrected chi connectivity index (χ3v) is 6.36. The number of hydrogen-bond acceptors (Lipinski definition) is 9. The van der Waals surface area contributed by atoms with Crippen LogP contribution in [0.4, 0.5) is 26.3 Å². The summed E-state index contributed by atoms with van der Waals surface area (Å²) in [7, 11) is -4.58. The van der Waals surface area contributed by atoms with Crippen molar-refractivity contribution in [3.63, 3.8) is 0 Å².